The Morgan fingerprint density at radius 3 is 2.75 bits per heavy atom. The minimum absolute atomic E-state index is 0.237. The molecule has 1 aliphatic rings. The van der Waals surface area contributed by atoms with E-state index in [1.165, 1.54) is 11.6 Å². The number of aryl methyl sites for hydroxylation is 2. The first kappa shape index (κ1) is 18.5. The minimum Gasteiger partial charge on any atom is -0.423 e. The van der Waals surface area contributed by atoms with Gasteiger partial charge in [-0.15, -0.1) is 0 Å². The van der Waals surface area contributed by atoms with E-state index in [2.05, 4.69) is 15.3 Å². The maximum absolute atomic E-state index is 12.7. The van der Waals surface area contributed by atoms with Crippen LogP contribution in [0.4, 0.5) is 24.9 Å². The molecule has 0 saturated heterocycles. The van der Waals surface area contributed by atoms with Gasteiger partial charge in [-0.25, -0.2) is 0 Å². The lowest BCUT2D eigenvalue weighted by atomic mass is 9.88. The SMILES string of the molecule is Cc1nc(Nc2cccc3c2CC(O)CC3)oc1-c1ccc(C(F)(F)F)nc1. The molecule has 0 bridgehead atoms. The third-order valence-corrected chi connectivity index (χ3v) is 4.81. The van der Waals surface area contributed by atoms with Crippen molar-refractivity contribution in [3.63, 3.8) is 0 Å². The van der Waals surface area contributed by atoms with E-state index in [4.69, 9.17) is 4.42 Å². The molecule has 8 heteroatoms. The molecule has 0 spiro atoms. The van der Waals surface area contributed by atoms with Crippen molar-refractivity contribution < 1.29 is 22.7 Å². The average molecular weight is 389 g/mol. The number of nitrogens with zero attached hydrogens (tertiary/aromatic N) is 2. The van der Waals surface area contributed by atoms with Gasteiger partial charge in [-0.1, -0.05) is 12.1 Å². The minimum atomic E-state index is -4.49. The molecule has 0 radical (unpaired) electrons. The van der Waals surface area contributed by atoms with Gasteiger partial charge in [0.1, 0.15) is 5.69 Å². The third kappa shape index (κ3) is 3.60. The highest BCUT2D eigenvalue weighted by Gasteiger charge is 2.32. The highest BCUT2D eigenvalue weighted by atomic mass is 19.4. The van der Waals surface area contributed by atoms with Crippen molar-refractivity contribution in [2.45, 2.75) is 38.5 Å². The number of aromatic nitrogens is 2. The number of benzene rings is 1. The summed E-state index contributed by atoms with van der Waals surface area (Å²) < 4.78 is 43.8. The number of pyridine rings is 1. The van der Waals surface area contributed by atoms with Crippen molar-refractivity contribution in [2.24, 2.45) is 0 Å². The fourth-order valence-corrected chi connectivity index (χ4v) is 3.42. The Labute approximate surface area is 159 Å². The highest BCUT2D eigenvalue weighted by molar-refractivity contribution is 5.64. The van der Waals surface area contributed by atoms with Gasteiger partial charge in [0, 0.05) is 23.9 Å². The van der Waals surface area contributed by atoms with Crippen molar-refractivity contribution >= 4 is 11.7 Å². The second-order valence-electron chi connectivity index (χ2n) is 6.83. The summed E-state index contributed by atoms with van der Waals surface area (Å²) in [6.07, 6.45) is -1.65. The van der Waals surface area contributed by atoms with Crippen LogP contribution in [0.1, 0.15) is 28.9 Å². The lowest BCUT2D eigenvalue weighted by molar-refractivity contribution is -0.141. The van der Waals surface area contributed by atoms with Crippen LogP contribution in [-0.4, -0.2) is 21.2 Å². The number of oxazole rings is 1. The maximum atomic E-state index is 12.7. The zero-order valence-corrected chi connectivity index (χ0v) is 15.0. The predicted octanol–water partition coefficient (Wildman–Crippen LogP) is 4.66. The molecule has 1 unspecified atom stereocenters. The van der Waals surface area contributed by atoms with Gasteiger partial charge in [0.2, 0.25) is 0 Å². The Morgan fingerprint density at radius 1 is 1.21 bits per heavy atom. The van der Waals surface area contributed by atoms with Crippen LogP contribution in [0, 0.1) is 6.92 Å². The Balaban J connectivity index is 1.61. The molecule has 0 saturated carbocycles. The molecule has 1 aliphatic carbocycles. The van der Waals surface area contributed by atoms with Gasteiger partial charge in [0.25, 0.3) is 6.01 Å². The molecule has 0 aliphatic heterocycles. The Morgan fingerprint density at radius 2 is 2.04 bits per heavy atom. The van der Waals surface area contributed by atoms with Crippen molar-refractivity contribution in [3.05, 3.63) is 59.0 Å². The molecule has 5 nitrogen and oxygen atoms in total. The zero-order chi connectivity index (χ0) is 19.9. The Kier molecular flexibility index (Phi) is 4.58. The molecular formula is C20H18F3N3O2. The second-order valence-corrected chi connectivity index (χ2v) is 6.83. The molecule has 146 valence electrons. The third-order valence-electron chi connectivity index (χ3n) is 4.81. The number of halogens is 3. The number of hydrogen-bond donors (Lipinski definition) is 2. The highest BCUT2D eigenvalue weighted by Crippen LogP contribution is 2.33. The van der Waals surface area contributed by atoms with Crippen molar-refractivity contribution in [2.75, 3.05) is 5.32 Å². The molecule has 1 aromatic carbocycles. The summed E-state index contributed by atoms with van der Waals surface area (Å²) in [6, 6.07) is 8.31. The van der Waals surface area contributed by atoms with Crippen molar-refractivity contribution in [1.29, 1.82) is 0 Å². The van der Waals surface area contributed by atoms with Crippen LogP contribution in [0.25, 0.3) is 11.3 Å². The smallest absolute Gasteiger partial charge is 0.423 e. The van der Waals surface area contributed by atoms with E-state index in [-0.39, 0.29) is 12.1 Å². The molecule has 2 aromatic heterocycles. The summed E-state index contributed by atoms with van der Waals surface area (Å²) in [5.74, 6) is 0.355. The second kappa shape index (κ2) is 6.94. The van der Waals surface area contributed by atoms with Crippen LogP contribution in [0.3, 0.4) is 0 Å². The summed E-state index contributed by atoms with van der Waals surface area (Å²) in [6.45, 7) is 1.71. The summed E-state index contributed by atoms with van der Waals surface area (Å²) in [5, 5.41) is 13.1. The molecule has 2 heterocycles. The summed E-state index contributed by atoms with van der Waals surface area (Å²) >= 11 is 0. The molecule has 3 aromatic rings. The Bertz CT molecular complexity index is 997. The molecule has 28 heavy (non-hydrogen) atoms. The molecule has 1 atom stereocenters. The Hall–Kier alpha value is -2.87. The number of fused-ring (bicyclic) bond motifs is 1. The van der Waals surface area contributed by atoms with E-state index in [0.29, 0.717) is 23.4 Å². The molecular weight excluding hydrogens is 371 g/mol. The largest absolute Gasteiger partial charge is 0.433 e. The number of nitrogens with one attached hydrogen (secondary N) is 1. The monoisotopic (exact) mass is 389 g/mol. The van der Waals surface area contributed by atoms with Crippen molar-refractivity contribution in [3.8, 4) is 11.3 Å². The van der Waals surface area contributed by atoms with E-state index in [0.717, 1.165) is 36.4 Å². The number of anilines is 2. The van der Waals surface area contributed by atoms with Crippen molar-refractivity contribution in [1.82, 2.24) is 9.97 Å². The molecule has 4 rings (SSSR count). The lowest BCUT2D eigenvalue weighted by Gasteiger charge is -2.23. The summed E-state index contributed by atoms with van der Waals surface area (Å²) in [7, 11) is 0. The van der Waals surface area contributed by atoms with Gasteiger partial charge in [0.05, 0.1) is 11.8 Å². The van der Waals surface area contributed by atoms with Gasteiger partial charge in [-0.3, -0.25) is 4.98 Å². The van der Waals surface area contributed by atoms with Crippen LogP contribution in [0.2, 0.25) is 0 Å². The first-order valence-corrected chi connectivity index (χ1v) is 8.88. The van der Waals surface area contributed by atoms with Crippen LogP contribution < -0.4 is 5.32 Å². The van der Waals surface area contributed by atoms with E-state index in [9.17, 15) is 18.3 Å². The summed E-state index contributed by atoms with van der Waals surface area (Å²) in [4.78, 5) is 7.80. The number of rotatable bonds is 3. The van der Waals surface area contributed by atoms with Crippen LogP contribution in [0.5, 0.6) is 0 Å². The van der Waals surface area contributed by atoms with Crippen LogP contribution >= 0.6 is 0 Å². The quantitative estimate of drug-likeness (QED) is 0.682. The standard InChI is InChI=1S/C20H18F3N3O2/c1-11-18(13-6-8-17(24-10-13)20(21,22)23)28-19(25-11)26-16-4-2-3-12-5-7-14(27)9-15(12)16/h2-4,6,8,10,14,27H,5,7,9H2,1H3,(H,25,26). The van der Waals surface area contributed by atoms with Gasteiger partial charge >= 0.3 is 6.18 Å². The summed E-state index contributed by atoms with van der Waals surface area (Å²) in [5.41, 5.74) is 2.99. The molecule has 0 fully saturated rings. The maximum Gasteiger partial charge on any atom is 0.433 e. The zero-order valence-electron chi connectivity index (χ0n) is 15.0. The van der Waals surface area contributed by atoms with Gasteiger partial charge in [-0.2, -0.15) is 18.2 Å². The number of aliphatic hydroxyl groups is 1. The van der Waals surface area contributed by atoms with Gasteiger partial charge < -0.3 is 14.8 Å². The fourth-order valence-electron chi connectivity index (χ4n) is 3.42. The van der Waals surface area contributed by atoms with E-state index >= 15 is 0 Å². The van der Waals surface area contributed by atoms with E-state index < -0.39 is 11.9 Å². The van der Waals surface area contributed by atoms with Gasteiger partial charge in [-0.05, 0) is 49.1 Å². The van der Waals surface area contributed by atoms with Gasteiger partial charge in [0.15, 0.2) is 5.76 Å². The first-order chi connectivity index (χ1) is 13.3. The first-order valence-electron chi connectivity index (χ1n) is 8.88. The van der Waals surface area contributed by atoms with Crippen LogP contribution in [-0.2, 0) is 19.0 Å². The number of alkyl halides is 3. The topological polar surface area (TPSA) is 71.2 Å². The lowest BCUT2D eigenvalue weighted by Crippen LogP contribution is -2.19. The number of hydrogen-bond acceptors (Lipinski definition) is 5. The predicted molar refractivity (Wildman–Crippen MR) is 97.2 cm³/mol. The normalized spacial score (nSPS) is 16.7. The van der Waals surface area contributed by atoms with E-state index in [1.807, 2.05) is 18.2 Å². The number of aliphatic hydroxyl groups excluding tert-OH is 1. The van der Waals surface area contributed by atoms with Crippen LogP contribution in [0.15, 0.2) is 40.9 Å². The molecule has 0 amide bonds. The fraction of sp³-hybridized carbons (Fsp3) is 0.300. The molecule has 2 N–H and O–H groups in total. The average Bonchev–Trinajstić information content (AvgIpc) is 3.02. The van der Waals surface area contributed by atoms with E-state index in [1.54, 1.807) is 6.92 Å².